The van der Waals surface area contributed by atoms with Gasteiger partial charge in [0.25, 0.3) is 0 Å². The Hall–Kier alpha value is -0.0500. The summed E-state index contributed by atoms with van der Waals surface area (Å²) in [4.78, 5) is 3.31. The van der Waals surface area contributed by atoms with E-state index in [4.69, 9.17) is 34.8 Å². The maximum absolute atomic E-state index is 12.4. The van der Waals surface area contributed by atoms with Crippen molar-refractivity contribution < 1.29 is 4.39 Å². The molecule has 0 atom stereocenters. The van der Waals surface area contributed by atoms with Crippen LogP contribution >= 0.6 is 34.8 Å². The smallest absolute Gasteiger partial charge is 0.216 e. The van der Waals surface area contributed by atoms with Gasteiger partial charge in [0.1, 0.15) is 0 Å². The van der Waals surface area contributed by atoms with Crippen LogP contribution < -0.4 is 0 Å². The molecule has 1 nitrogen and oxygen atoms in total. The average Bonchev–Trinajstić information content (AvgIpc) is 1.86. The first-order valence-corrected chi connectivity index (χ1v) is 3.82. The Balaban J connectivity index is 3.06. The van der Waals surface area contributed by atoms with Crippen molar-refractivity contribution in [1.29, 1.82) is 0 Å². The van der Waals surface area contributed by atoms with Gasteiger partial charge in [0.2, 0.25) is 9.74 Å². The fourth-order valence-corrected chi connectivity index (χ4v) is 0.931. The lowest BCUT2D eigenvalue weighted by atomic mass is 10.3. The summed E-state index contributed by atoms with van der Waals surface area (Å²) in [5, 5.41) is 0. The zero-order valence-electron chi connectivity index (χ0n) is 5.19. The Labute approximate surface area is 78.1 Å². The third kappa shape index (κ3) is 2.47. The molecule has 1 aromatic heterocycles. The highest BCUT2D eigenvalue weighted by atomic mass is 35.6. The molecule has 0 spiro atoms. The van der Waals surface area contributed by atoms with E-state index in [0.29, 0.717) is 0 Å². The number of hydrogen-bond acceptors (Lipinski definition) is 1. The molecule has 0 unspecified atom stereocenters. The molecule has 0 radical (unpaired) electrons. The van der Waals surface area contributed by atoms with Gasteiger partial charge in [-0.05, 0) is 6.07 Å². The van der Waals surface area contributed by atoms with Gasteiger partial charge in [-0.2, -0.15) is 4.39 Å². The van der Waals surface area contributed by atoms with Gasteiger partial charge < -0.3 is 0 Å². The summed E-state index contributed by atoms with van der Waals surface area (Å²) in [6, 6.07) is 2.52. The van der Waals surface area contributed by atoms with E-state index in [1.165, 1.54) is 12.3 Å². The average molecular weight is 214 g/mol. The van der Waals surface area contributed by atoms with Crippen molar-refractivity contribution in [2.75, 3.05) is 0 Å². The highest BCUT2D eigenvalue weighted by Crippen LogP contribution is 2.37. The summed E-state index contributed by atoms with van der Waals surface area (Å²) in [5.41, 5.74) is 0.273. The van der Waals surface area contributed by atoms with Gasteiger partial charge in [-0.3, -0.25) is 0 Å². The second-order valence-corrected chi connectivity index (χ2v) is 4.15. The van der Waals surface area contributed by atoms with Crippen molar-refractivity contribution in [3.63, 3.8) is 0 Å². The van der Waals surface area contributed by atoms with Crippen LogP contribution in [-0.4, -0.2) is 4.98 Å². The zero-order valence-corrected chi connectivity index (χ0v) is 7.46. The molecule has 0 saturated carbocycles. The lowest BCUT2D eigenvalue weighted by Crippen LogP contribution is -2.00. The van der Waals surface area contributed by atoms with E-state index in [1.807, 2.05) is 0 Å². The molecule has 0 amide bonds. The molecule has 0 aliphatic rings. The van der Waals surface area contributed by atoms with Crippen LogP contribution in [0.5, 0.6) is 0 Å². The number of pyridine rings is 1. The molecule has 11 heavy (non-hydrogen) atoms. The van der Waals surface area contributed by atoms with Crippen LogP contribution in [0, 0.1) is 5.95 Å². The Morgan fingerprint density at radius 2 is 2.00 bits per heavy atom. The summed E-state index contributed by atoms with van der Waals surface area (Å²) in [6.45, 7) is 0. The third-order valence-corrected chi connectivity index (χ3v) is 1.71. The molecule has 60 valence electrons. The van der Waals surface area contributed by atoms with Gasteiger partial charge >= 0.3 is 0 Å². The van der Waals surface area contributed by atoms with E-state index < -0.39 is 9.74 Å². The molecular formula is C6H3Cl3FN. The lowest BCUT2D eigenvalue weighted by Gasteiger charge is -2.09. The van der Waals surface area contributed by atoms with Gasteiger partial charge in [-0.25, -0.2) is 4.98 Å². The van der Waals surface area contributed by atoms with Crippen molar-refractivity contribution in [2.45, 2.75) is 3.79 Å². The molecule has 0 bridgehead atoms. The van der Waals surface area contributed by atoms with E-state index in [0.717, 1.165) is 6.07 Å². The van der Waals surface area contributed by atoms with Crippen LogP contribution in [-0.2, 0) is 3.79 Å². The first-order chi connectivity index (χ1) is 5.00. The molecular weight excluding hydrogens is 211 g/mol. The van der Waals surface area contributed by atoms with E-state index in [-0.39, 0.29) is 5.56 Å². The van der Waals surface area contributed by atoms with Gasteiger partial charge in [-0.1, -0.05) is 34.8 Å². The molecule has 0 aliphatic carbocycles. The maximum atomic E-state index is 12.4. The summed E-state index contributed by atoms with van der Waals surface area (Å²) in [6.07, 6.45) is 1.24. The highest BCUT2D eigenvalue weighted by molar-refractivity contribution is 6.66. The Morgan fingerprint density at radius 1 is 1.36 bits per heavy atom. The van der Waals surface area contributed by atoms with Crippen molar-refractivity contribution in [3.8, 4) is 0 Å². The van der Waals surface area contributed by atoms with Crippen LogP contribution in [0.3, 0.4) is 0 Å². The molecule has 0 fully saturated rings. The van der Waals surface area contributed by atoms with Crippen molar-refractivity contribution in [2.24, 2.45) is 0 Å². The number of nitrogens with zero attached hydrogens (tertiary/aromatic N) is 1. The van der Waals surface area contributed by atoms with E-state index in [1.54, 1.807) is 0 Å². The molecule has 0 aliphatic heterocycles. The van der Waals surface area contributed by atoms with E-state index in [2.05, 4.69) is 4.98 Å². The van der Waals surface area contributed by atoms with Crippen molar-refractivity contribution in [3.05, 3.63) is 29.8 Å². The second kappa shape index (κ2) is 3.13. The van der Waals surface area contributed by atoms with Crippen molar-refractivity contribution in [1.82, 2.24) is 4.98 Å². The fourth-order valence-electron chi connectivity index (χ4n) is 0.579. The Kier molecular flexibility index (Phi) is 2.58. The minimum absolute atomic E-state index is 0.273. The SMILES string of the molecule is Fc1cc(C(Cl)(Cl)Cl)ccn1. The summed E-state index contributed by atoms with van der Waals surface area (Å²) in [5.74, 6) is -0.658. The lowest BCUT2D eigenvalue weighted by molar-refractivity contribution is 0.581. The molecule has 1 rings (SSSR count). The quantitative estimate of drug-likeness (QED) is 0.478. The number of alkyl halides is 3. The molecule has 0 saturated heterocycles. The molecule has 1 aromatic rings. The van der Waals surface area contributed by atoms with Gasteiger partial charge in [0.15, 0.2) is 0 Å². The zero-order chi connectivity index (χ0) is 8.48. The van der Waals surface area contributed by atoms with Gasteiger partial charge in [-0.15, -0.1) is 0 Å². The predicted octanol–water partition coefficient (Wildman–Crippen LogP) is 3.05. The second-order valence-electron chi connectivity index (χ2n) is 1.86. The maximum Gasteiger partial charge on any atom is 0.216 e. The van der Waals surface area contributed by atoms with E-state index in [9.17, 15) is 4.39 Å². The number of rotatable bonds is 0. The number of hydrogen-bond donors (Lipinski definition) is 0. The topological polar surface area (TPSA) is 12.9 Å². The Bertz CT molecular complexity index is 258. The fraction of sp³-hybridized carbons (Fsp3) is 0.167. The first-order valence-electron chi connectivity index (χ1n) is 2.69. The molecule has 5 heteroatoms. The van der Waals surface area contributed by atoms with E-state index >= 15 is 0 Å². The monoisotopic (exact) mass is 213 g/mol. The first kappa shape index (κ1) is 9.04. The summed E-state index contributed by atoms with van der Waals surface area (Å²) >= 11 is 16.4. The summed E-state index contributed by atoms with van der Waals surface area (Å²) in [7, 11) is 0. The van der Waals surface area contributed by atoms with Crippen LogP contribution in [0.2, 0.25) is 0 Å². The minimum atomic E-state index is -1.58. The normalized spacial score (nSPS) is 11.6. The van der Waals surface area contributed by atoms with Crippen LogP contribution in [0.1, 0.15) is 5.56 Å². The van der Waals surface area contributed by atoms with Gasteiger partial charge in [0, 0.05) is 17.8 Å². The third-order valence-electron chi connectivity index (χ3n) is 1.05. The largest absolute Gasteiger partial charge is 0.228 e. The standard InChI is InChI=1S/C6H3Cl3FN/c7-6(8,9)4-1-2-11-5(10)3-4/h1-3H. The van der Waals surface area contributed by atoms with Crippen LogP contribution in [0.15, 0.2) is 18.3 Å². The molecule has 1 heterocycles. The Morgan fingerprint density at radius 3 is 2.36 bits per heavy atom. The number of halogens is 4. The summed E-state index contributed by atoms with van der Waals surface area (Å²) < 4.78 is 10.8. The molecule has 0 aromatic carbocycles. The predicted molar refractivity (Wildman–Crippen MR) is 43.4 cm³/mol. The van der Waals surface area contributed by atoms with Crippen LogP contribution in [0.25, 0.3) is 0 Å². The van der Waals surface area contributed by atoms with Gasteiger partial charge in [0.05, 0.1) is 0 Å². The minimum Gasteiger partial charge on any atom is -0.228 e. The molecule has 0 N–H and O–H groups in total. The number of aromatic nitrogens is 1. The van der Waals surface area contributed by atoms with Crippen LogP contribution in [0.4, 0.5) is 4.39 Å². The highest BCUT2D eigenvalue weighted by Gasteiger charge is 2.22. The van der Waals surface area contributed by atoms with Crippen molar-refractivity contribution >= 4 is 34.8 Å².